The molecule has 0 N–H and O–H groups in total. The number of fused-ring (bicyclic) bond motifs is 1. The highest BCUT2D eigenvalue weighted by Gasteiger charge is 2.28. The Kier molecular flexibility index (Phi) is 5.24. The summed E-state index contributed by atoms with van der Waals surface area (Å²) in [4.78, 5) is 25.2. The molecule has 0 saturated heterocycles. The molecule has 156 valence electrons. The van der Waals surface area contributed by atoms with E-state index in [-0.39, 0.29) is 17.0 Å². The molecule has 0 amide bonds. The first kappa shape index (κ1) is 20.6. The Bertz CT molecular complexity index is 1190. The number of carbonyl (C=O) groups is 2. The topological polar surface area (TPSA) is 52.6 Å². The Balaban J connectivity index is 1.53. The lowest BCUT2D eigenvalue weighted by Gasteiger charge is -2.18. The summed E-state index contributed by atoms with van der Waals surface area (Å²) < 4.78 is 11.3. The first-order valence-corrected chi connectivity index (χ1v) is 10.2. The highest BCUT2D eigenvalue weighted by Crippen LogP contribution is 2.35. The monoisotopic (exact) mass is 412 g/mol. The van der Waals surface area contributed by atoms with Crippen LogP contribution in [0.1, 0.15) is 58.2 Å². The summed E-state index contributed by atoms with van der Waals surface area (Å²) >= 11 is 0. The van der Waals surface area contributed by atoms with Gasteiger partial charge >= 0.3 is 5.97 Å². The van der Waals surface area contributed by atoms with Crippen molar-refractivity contribution >= 4 is 17.8 Å². The van der Waals surface area contributed by atoms with E-state index < -0.39 is 5.97 Å². The second-order valence-corrected chi connectivity index (χ2v) is 8.67. The van der Waals surface area contributed by atoms with Crippen LogP contribution in [0.15, 0.2) is 72.5 Å². The zero-order valence-corrected chi connectivity index (χ0v) is 18.1. The maximum Gasteiger partial charge on any atom is 0.343 e. The second-order valence-electron chi connectivity index (χ2n) is 8.67. The van der Waals surface area contributed by atoms with E-state index in [1.54, 1.807) is 36.4 Å². The highest BCUT2D eigenvalue weighted by molar-refractivity contribution is 6.14. The van der Waals surface area contributed by atoms with Crippen LogP contribution in [0.5, 0.6) is 11.5 Å². The minimum Gasteiger partial charge on any atom is -0.452 e. The predicted molar refractivity (Wildman–Crippen MR) is 121 cm³/mol. The summed E-state index contributed by atoms with van der Waals surface area (Å²) in [7, 11) is 0. The predicted octanol–water partition coefficient (Wildman–Crippen LogP) is 6.13. The Morgan fingerprint density at radius 1 is 0.968 bits per heavy atom. The van der Waals surface area contributed by atoms with E-state index in [2.05, 4.69) is 32.9 Å². The van der Waals surface area contributed by atoms with Crippen LogP contribution in [0.3, 0.4) is 0 Å². The van der Waals surface area contributed by atoms with Crippen LogP contribution in [-0.4, -0.2) is 11.8 Å². The standard InChI is InChI=1S/C27H24O4/c1-17-7-5-6-8-21(17)26(29)30-20-13-14-22-23(16-20)31-24(25(22)28)15-18-9-11-19(12-10-18)27(2,3)4/h5-16H,1-4H3/b24-15-. The molecule has 0 aliphatic carbocycles. The molecule has 4 heteroatoms. The number of ether oxygens (including phenoxy) is 2. The Hall–Kier alpha value is -3.66. The lowest BCUT2D eigenvalue weighted by molar-refractivity contribution is 0.0733. The molecular formula is C27H24O4. The van der Waals surface area contributed by atoms with Crippen LogP contribution in [-0.2, 0) is 5.41 Å². The van der Waals surface area contributed by atoms with Gasteiger partial charge in [-0.1, -0.05) is 63.2 Å². The maximum atomic E-state index is 12.7. The minimum atomic E-state index is -0.447. The van der Waals surface area contributed by atoms with Gasteiger partial charge in [-0.3, -0.25) is 4.79 Å². The third-order valence-corrected chi connectivity index (χ3v) is 5.29. The molecule has 0 radical (unpaired) electrons. The van der Waals surface area contributed by atoms with Crippen molar-refractivity contribution in [1.82, 2.24) is 0 Å². The lowest BCUT2D eigenvalue weighted by Crippen LogP contribution is -2.10. The van der Waals surface area contributed by atoms with Gasteiger partial charge in [-0.15, -0.1) is 0 Å². The molecule has 4 rings (SSSR count). The number of rotatable bonds is 3. The van der Waals surface area contributed by atoms with E-state index in [4.69, 9.17) is 9.47 Å². The molecule has 4 nitrogen and oxygen atoms in total. The third-order valence-electron chi connectivity index (χ3n) is 5.29. The molecule has 31 heavy (non-hydrogen) atoms. The van der Waals surface area contributed by atoms with E-state index in [0.717, 1.165) is 11.1 Å². The van der Waals surface area contributed by atoms with Gasteiger partial charge < -0.3 is 9.47 Å². The number of hydrogen-bond donors (Lipinski definition) is 0. The van der Waals surface area contributed by atoms with Crippen molar-refractivity contribution in [1.29, 1.82) is 0 Å². The van der Waals surface area contributed by atoms with Crippen molar-refractivity contribution in [2.45, 2.75) is 33.1 Å². The number of Topliss-reactive ketones (excluding diaryl/α,β-unsaturated/α-hetero) is 1. The molecule has 1 heterocycles. The fraction of sp³-hybridized carbons (Fsp3) is 0.185. The molecule has 1 aliphatic heterocycles. The zero-order chi connectivity index (χ0) is 22.2. The van der Waals surface area contributed by atoms with Crippen molar-refractivity contribution in [3.63, 3.8) is 0 Å². The molecule has 0 atom stereocenters. The first-order valence-electron chi connectivity index (χ1n) is 10.2. The van der Waals surface area contributed by atoms with Crippen LogP contribution in [0.25, 0.3) is 6.08 Å². The van der Waals surface area contributed by atoms with Crippen molar-refractivity contribution in [3.05, 3.63) is 100 Å². The summed E-state index contributed by atoms with van der Waals surface area (Å²) in [5.74, 6) is 0.331. The molecule has 0 unspecified atom stereocenters. The van der Waals surface area contributed by atoms with Crippen LogP contribution in [0.4, 0.5) is 0 Å². The van der Waals surface area contributed by atoms with E-state index in [1.165, 1.54) is 5.56 Å². The number of carbonyl (C=O) groups excluding carboxylic acids is 2. The molecule has 0 aromatic heterocycles. The van der Waals surface area contributed by atoms with Gasteiger partial charge in [-0.2, -0.15) is 0 Å². The maximum absolute atomic E-state index is 12.7. The third kappa shape index (κ3) is 4.29. The SMILES string of the molecule is Cc1ccccc1C(=O)Oc1ccc2c(c1)O/C(=C\c1ccc(C(C)(C)C)cc1)C2=O. The first-order chi connectivity index (χ1) is 14.7. The summed E-state index contributed by atoms with van der Waals surface area (Å²) in [5, 5.41) is 0. The zero-order valence-electron chi connectivity index (χ0n) is 18.1. The molecule has 0 fully saturated rings. The Labute approximate surface area is 182 Å². The van der Waals surface area contributed by atoms with Crippen LogP contribution < -0.4 is 9.47 Å². The Morgan fingerprint density at radius 3 is 2.35 bits per heavy atom. The van der Waals surface area contributed by atoms with Gasteiger partial charge in [-0.05, 0) is 53.3 Å². The van der Waals surface area contributed by atoms with Gasteiger partial charge in [0.1, 0.15) is 11.5 Å². The van der Waals surface area contributed by atoms with Crippen LogP contribution >= 0.6 is 0 Å². The van der Waals surface area contributed by atoms with Gasteiger partial charge in [0.2, 0.25) is 5.78 Å². The van der Waals surface area contributed by atoms with Crippen molar-refractivity contribution < 1.29 is 19.1 Å². The largest absolute Gasteiger partial charge is 0.452 e. The highest BCUT2D eigenvalue weighted by atomic mass is 16.5. The minimum absolute atomic E-state index is 0.0632. The van der Waals surface area contributed by atoms with Gasteiger partial charge in [0, 0.05) is 6.07 Å². The molecule has 0 saturated carbocycles. The number of benzene rings is 3. The lowest BCUT2D eigenvalue weighted by atomic mass is 9.86. The summed E-state index contributed by atoms with van der Waals surface area (Å²) in [6, 6.07) is 20.1. The van der Waals surface area contributed by atoms with Gasteiger partial charge in [0.25, 0.3) is 0 Å². The second kappa shape index (κ2) is 7.88. The molecule has 1 aliphatic rings. The van der Waals surface area contributed by atoms with Crippen LogP contribution in [0.2, 0.25) is 0 Å². The fourth-order valence-corrected chi connectivity index (χ4v) is 3.43. The summed E-state index contributed by atoms with van der Waals surface area (Å²) in [5.41, 5.74) is 3.95. The number of ketones is 1. The van der Waals surface area contributed by atoms with E-state index in [9.17, 15) is 9.59 Å². The van der Waals surface area contributed by atoms with Crippen molar-refractivity contribution in [3.8, 4) is 11.5 Å². The number of allylic oxidation sites excluding steroid dienone is 1. The molecular weight excluding hydrogens is 388 g/mol. The van der Waals surface area contributed by atoms with Gasteiger partial charge in [-0.25, -0.2) is 4.79 Å². The summed E-state index contributed by atoms with van der Waals surface area (Å²) in [6.07, 6.45) is 1.73. The van der Waals surface area contributed by atoms with Gasteiger partial charge in [0.15, 0.2) is 5.76 Å². The van der Waals surface area contributed by atoms with Crippen molar-refractivity contribution in [2.24, 2.45) is 0 Å². The quantitative estimate of drug-likeness (QED) is 0.295. The average Bonchev–Trinajstić information content (AvgIpc) is 3.02. The molecule has 3 aromatic carbocycles. The Morgan fingerprint density at radius 2 is 1.68 bits per heavy atom. The number of hydrogen-bond acceptors (Lipinski definition) is 4. The fourth-order valence-electron chi connectivity index (χ4n) is 3.43. The molecule has 0 spiro atoms. The smallest absolute Gasteiger partial charge is 0.343 e. The van der Waals surface area contributed by atoms with Crippen molar-refractivity contribution in [2.75, 3.05) is 0 Å². The van der Waals surface area contributed by atoms with Gasteiger partial charge in [0.05, 0.1) is 11.1 Å². The number of aryl methyl sites for hydroxylation is 1. The van der Waals surface area contributed by atoms with E-state index in [0.29, 0.717) is 22.6 Å². The summed E-state index contributed by atoms with van der Waals surface area (Å²) in [6.45, 7) is 8.32. The van der Waals surface area contributed by atoms with E-state index in [1.807, 2.05) is 31.2 Å². The normalized spacial score (nSPS) is 14.3. The van der Waals surface area contributed by atoms with E-state index >= 15 is 0 Å². The number of esters is 1. The molecule has 0 bridgehead atoms. The average molecular weight is 412 g/mol. The van der Waals surface area contributed by atoms with Crippen LogP contribution in [0, 0.1) is 6.92 Å². The molecule has 3 aromatic rings.